The Morgan fingerprint density at radius 3 is 2.44 bits per heavy atom. The molecule has 1 aliphatic rings. The zero-order chi connectivity index (χ0) is 13.3. The molecule has 0 bridgehead atoms. The highest BCUT2D eigenvalue weighted by molar-refractivity contribution is 6.05. The molecule has 0 N–H and O–H groups in total. The zero-order valence-corrected chi connectivity index (χ0v) is 10.5. The fourth-order valence-corrected chi connectivity index (χ4v) is 1.63. The van der Waals surface area contributed by atoms with Gasteiger partial charge in [0.2, 0.25) is 0 Å². The van der Waals surface area contributed by atoms with Crippen LogP contribution < -0.4 is 0 Å². The van der Waals surface area contributed by atoms with Crippen molar-refractivity contribution in [3.05, 3.63) is 41.5 Å². The highest BCUT2D eigenvalue weighted by atomic mass is 16.6. The SMILES string of the molecule is CC(C)(C)OC(=O)/C=C1\OC(=O)c2ccccc21. The number of benzene rings is 1. The van der Waals surface area contributed by atoms with E-state index in [0.29, 0.717) is 11.1 Å². The van der Waals surface area contributed by atoms with Crippen LogP contribution in [0.2, 0.25) is 0 Å². The van der Waals surface area contributed by atoms with Crippen LogP contribution in [0.4, 0.5) is 0 Å². The van der Waals surface area contributed by atoms with Crippen molar-refractivity contribution in [2.24, 2.45) is 0 Å². The molecule has 0 aromatic heterocycles. The smallest absolute Gasteiger partial charge is 0.344 e. The molecule has 0 saturated heterocycles. The summed E-state index contributed by atoms with van der Waals surface area (Å²) in [4.78, 5) is 23.2. The van der Waals surface area contributed by atoms with Crippen molar-refractivity contribution < 1.29 is 19.1 Å². The van der Waals surface area contributed by atoms with Crippen molar-refractivity contribution in [1.29, 1.82) is 0 Å². The van der Waals surface area contributed by atoms with Crippen molar-refractivity contribution in [3.63, 3.8) is 0 Å². The normalized spacial score (nSPS) is 16.4. The van der Waals surface area contributed by atoms with Gasteiger partial charge in [0.25, 0.3) is 0 Å². The molecule has 0 amide bonds. The van der Waals surface area contributed by atoms with Gasteiger partial charge in [0.1, 0.15) is 11.4 Å². The van der Waals surface area contributed by atoms with Gasteiger partial charge in [-0.2, -0.15) is 0 Å². The van der Waals surface area contributed by atoms with E-state index in [-0.39, 0.29) is 5.76 Å². The Morgan fingerprint density at radius 2 is 1.83 bits per heavy atom. The number of fused-ring (bicyclic) bond motifs is 1. The average molecular weight is 246 g/mol. The molecule has 1 heterocycles. The van der Waals surface area contributed by atoms with Gasteiger partial charge in [-0.3, -0.25) is 0 Å². The highest BCUT2D eigenvalue weighted by Gasteiger charge is 2.27. The second kappa shape index (κ2) is 4.29. The van der Waals surface area contributed by atoms with Crippen LogP contribution in [0.15, 0.2) is 30.3 Å². The standard InChI is InChI=1S/C14H14O4/c1-14(2,3)18-12(15)8-11-9-6-4-5-7-10(9)13(16)17-11/h4-8H,1-3H3/b11-8-. The van der Waals surface area contributed by atoms with E-state index >= 15 is 0 Å². The van der Waals surface area contributed by atoms with Crippen LogP contribution in [0.5, 0.6) is 0 Å². The van der Waals surface area contributed by atoms with E-state index in [1.54, 1.807) is 45.0 Å². The Kier molecular flexibility index (Phi) is 2.95. The number of cyclic esters (lactones) is 1. The van der Waals surface area contributed by atoms with Gasteiger partial charge in [-0.05, 0) is 26.8 Å². The Labute approximate surface area is 105 Å². The third kappa shape index (κ3) is 2.59. The van der Waals surface area contributed by atoms with Crippen molar-refractivity contribution in [2.45, 2.75) is 26.4 Å². The van der Waals surface area contributed by atoms with E-state index in [4.69, 9.17) is 9.47 Å². The summed E-state index contributed by atoms with van der Waals surface area (Å²) in [5.74, 6) is -0.729. The Balaban J connectivity index is 2.27. The Morgan fingerprint density at radius 1 is 1.22 bits per heavy atom. The van der Waals surface area contributed by atoms with E-state index in [1.807, 2.05) is 0 Å². The van der Waals surface area contributed by atoms with E-state index in [1.165, 1.54) is 6.08 Å². The molecule has 4 nitrogen and oxygen atoms in total. The number of hydrogen-bond donors (Lipinski definition) is 0. The Bertz CT molecular complexity index is 535. The molecule has 0 unspecified atom stereocenters. The molecule has 1 aliphatic heterocycles. The quantitative estimate of drug-likeness (QED) is 0.564. The fourth-order valence-electron chi connectivity index (χ4n) is 1.63. The first kappa shape index (κ1) is 12.4. The van der Waals surface area contributed by atoms with E-state index < -0.39 is 17.5 Å². The second-order valence-electron chi connectivity index (χ2n) is 4.98. The van der Waals surface area contributed by atoms with Gasteiger partial charge in [-0.25, -0.2) is 9.59 Å². The molecule has 1 aromatic rings. The van der Waals surface area contributed by atoms with Gasteiger partial charge in [0.15, 0.2) is 0 Å². The maximum Gasteiger partial charge on any atom is 0.344 e. The maximum atomic E-state index is 11.6. The fraction of sp³-hybridized carbons (Fsp3) is 0.286. The summed E-state index contributed by atoms with van der Waals surface area (Å²) in [5, 5.41) is 0. The first-order chi connectivity index (χ1) is 8.37. The van der Waals surface area contributed by atoms with Crippen LogP contribution in [-0.2, 0) is 14.3 Å². The molecule has 4 heteroatoms. The van der Waals surface area contributed by atoms with Crippen LogP contribution in [0.1, 0.15) is 36.7 Å². The van der Waals surface area contributed by atoms with Crippen molar-refractivity contribution in [1.82, 2.24) is 0 Å². The van der Waals surface area contributed by atoms with E-state index in [2.05, 4.69) is 0 Å². The number of ether oxygens (including phenoxy) is 2. The van der Waals surface area contributed by atoms with Gasteiger partial charge in [-0.15, -0.1) is 0 Å². The molecular formula is C14H14O4. The average Bonchev–Trinajstić information content (AvgIpc) is 2.54. The molecule has 1 aromatic carbocycles. The maximum absolute atomic E-state index is 11.6. The lowest BCUT2D eigenvalue weighted by Gasteiger charge is -2.18. The minimum Gasteiger partial charge on any atom is -0.457 e. The Hall–Kier alpha value is -2.10. The first-order valence-corrected chi connectivity index (χ1v) is 5.63. The molecule has 0 radical (unpaired) electrons. The number of carbonyl (C=O) groups excluding carboxylic acids is 2. The van der Waals surface area contributed by atoms with Crippen molar-refractivity contribution in [3.8, 4) is 0 Å². The lowest BCUT2D eigenvalue weighted by molar-refractivity contribution is -0.148. The summed E-state index contributed by atoms with van der Waals surface area (Å²) in [6, 6.07) is 6.92. The molecule has 94 valence electrons. The van der Waals surface area contributed by atoms with Crippen LogP contribution in [0.3, 0.4) is 0 Å². The summed E-state index contributed by atoms with van der Waals surface area (Å²) < 4.78 is 10.2. The largest absolute Gasteiger partial charge is 0.457 e. The lowest BCUT2D eigenvalue weighted by atomic mass is 10.1. The molecular weight excluding hydrogens is 232 g/mol. The van der Waals surface area contributed by atoms with Crippen molar-refractivity contribution >= 4 is 17.7 Å². The van der Waals surface area contributed by atoms with Crippen LogP contribution in [0.25, 0.3) is 5.76 Å². The summed E-state index contributed by atoms with van der Waals surface area (Å²) in [6.07, 6.45) is 1.20. The van der Waals surface area contributed by atoms with Crippen LogP contribution >= 0.6 is 0 Å². The van der Waals surface area contributed by atoms with Gasteiger partial charge in [-0.1, -0.05) is 18.2 Å². The summed E-state index contributed by atoms with van der Waals surface area (Å²) in [6.45, 7) is 5.33. The van der Waals surface area contributed by atoms with Gasteiger partial charge >= 0.3 is 11.9 Å². The third-order valence-corrected chi connectivity index (χ3v) is 2.27. The second-order valence-corrected chi connectivity index (χ2v) is 4.98. The molecule has 0 aliphatic carbocycles. The third-order valence-electron chi connectivity index (χ3n) is 2.27. The molecule has 0 fully saturated rings. The highest BCUT2D eigenvalue weighted by Crippen LogP contribution is 2.29. The molecule has 2 rings (SSSR count). The lowest BCUT2D eigenvalue weighted by Crippen LogP contribution is -2.22. The summed E-state index contributed by atoms with van der Waals surface area (Å²) in [5.41, 5.74) is 0.511. The van der Waals surface area contributed by atoms with Crippen molar-refractivity contribution in [2.75, 3.05) is 0 Å². The summed E-state index contributed by atoms with van der Waals surface area (Å²) >= 11 is 0. The van der Waals surface area contributed by atoms with Crippen LogP contribution in [0, 0.1) is 0 Å². The summed E-state index contributed by atoms with van der Waals surface area (Å²) in [7, 11) is 0. The topological polar surface area (TPSA) is 52.6 Å². The molecule has 0 saturated carbocycles. The molecule has 0 atom stereocenters. The zero-order valence-electron chi connectivity index (χ0n) is 10.5. The van der Waals surface area contributed by atoms with E-state index in [9.17, 15) is 9.59 Å². The number of rotatable bonds is 1. The minimum atomic E-state index is -0.573. The number of carbonyl (C=O) groups is 2. The molecule has 0 spiro atoms. The van der Waals surface area contributed by atoms with Gasteiger partial charge < -0.3 is 9.47 Å². The van der Waals surface area contributed by atoms with Gasteiger partial charge in [0, 0.05) is 5.56 Å². The monoisotopic (exact) mass is 246 g/mol. The predicted molar refractivity (Wildman–Crippen MR) is 65.7 cm³/mol. The van der Waals surface area contributed by atoms with Gasteiger partial charge in [0.05, 0.1) is 11.6 Å². The number of esters is 2. The number of hydrogen-bond acceptors (Lipinski definition) is 4. The van der Waals surface area contributed by atoms with Crippen LogP contribution in [-0.4, -0.2) is 17.5 Å². The predicted octanol–water partition coefficient (Wildman–Crippen LogP) is 2.54. The van der Waals surface area contributed by atoms with E-state index in [0.717, 1.165) is 0 Å². The molecule has 18 heavy (non-hydrogen) atoms. The first-order valence-electron chi connectivity index (χ1n) is 5.63. The minimum absolute atomic E-state index is 0.241.